The van der Waals surface area contributed by atoms with Crippen molar-refractivity contribution in [1.29, 1.82) is 0 Å². The summed E-state index contributed by atoms with van der Waals surface area (Å²) in [4.78, 5) is 12.0. The zero-order valence-corrected chi connectivity index (χ0v) is 12.0. The van der Waals surface area contributed by atoms with Gasteiger partial charge in [-0.25, -0.2) is 0 Å². The van der Waals surface area contributed by atoms with E-state index in [1.807, 2.05) is 45.0 Å². The summed E-state index contributed by atoms with van der Waals surface area (Å²) in [5.74, 6) is 0.222. The van der Waals surface area contributed by atoms with Crippen molar-refractivity contribution in [2.45, 2.75) is 27.2 Å². The molecule has 2 rings (SSSR count). The molecule has 0 atom stereocenters. The van der Waals surface area contributed by atoms with Gasteiger partial charge >= 0.3 is 0 Å². The van der Waals surface area contributed by atoms with Crippen molar-refractivity contribution in [3.05, 3.63) is 58.7 Å². The van der Waals surface area contributed by atoms with Crippen molar-refractivity contribution >= 4 is 11.6 Å². The van der Waals surface area contributed by atoms with E-state index in [4.69, 9.17) is 0 Å². The second-order valence-corrected chi connectivity index (χ2v) is 5.17. The van der Waals surface area contributed by atoms with Crippen LogP contribution < -0.4 is 5.32 Å². The summed E-state index contributed by atoms with van der Waals surface area (Å²) in [6, 6.07) is 11.5. The van der Waals surface area contributed by atoms with Crippen molar-refractivity contribution in [3.63, 3.8) is 0 Å². The van der Waals surface area contributed by atoms with E-state index in [9.17, 15) is 9.90 Å². The summed E-state index contributed by atoms with van der Waals surface area (Å²) in [6.07, 6.45) is 0.346. The second kappa shape index (κ2) is 5.78. The summed E-state index contributed by atoms with van der Waals surface area (Å²) < 4.78 is 0. The van der Waals surface area contributed by atoms with E-state index in [2.05, 4.69) is 5.32 Å². The van der Waals surface area contributed by atoms with E-state index in [1.165, 1.54) is 5.56 Å². The van der Waals surface area contributed by atoms with Crippen LogP contribution in [0.2, 0.25) is 0 Å². The molecule has 2 N–H and O–H groups in total. The van der Waals surface area contributed by atoms with Crippen LogP contribution in [0.3, 0.4) is 0 Å². The predicted octanol–water partition coefficient (Wildman–Crippen LogP) is 3.50. The average Bonchev–Trinajstić information content (AvgIpc) is 2.38. The minimum Gasteiger partial charge on any atom is -0.507 e. The summed E-state index contributed by atoms with van der Waals surface area (Å²) in [6.45, 7) is 5.65. The van der Waals surface area contributed by atoms with Gasteiger partial charge in [-0.2, -0.15) is 0 Å². The zero-order valence-electron chi connectivity index (χ0n) is 12.0. The highest BCUT2D eigenvalue weighted by molar-refractivity contribution is 5.92. The lowest BCUT2D eigenvalue weighted by atomic mass is 10.1. The van der Waals surface area contributed by atoms with Gasteiger partial charge in [0.15, 0.2) is 0 Å². The molecule has 0 heterocycles. The SMILES string of the molecule is Cc1ccc(CC(=O)Nc2cc(C)c(O)c(C)c2)cc1. The number of phenols is 1. The Bertz CT molecular complexity index is 607. The van der Waals surface area contributed by atoms with Crippen LogP contribution in [0.15, 0.2) is 36.4 Å². The van der Waals surface area contributed by atoms with E-state index in [1.54, 1.807) is 12.1 Å². The molecule has 3 heteroatoms. The molecule has 0 aliphatic heterocycles. The Kier molecular flexibility index (Phi) is 4.08. The number of rotatable bonds is 3. The number of aryl methyl sites for hydroxylation is 3. The van der Waals surface area contributed by atoms with Crippen LogP contribution in [-0.4, -0.2) is 11.0 Å². The lowest BCUT2D eigenvalue weighted by Crippen LogP contribution is -2.14. The van der Waals surface area contributed by atoms with E-state index in [0.29, 0.717) is 6.42 Å². The number of amides is 1. The third-order valence-electron chi connectivity index (χ3n) is 3.26. The molecule has 20 heavy (non-hydrogen) atoms. The van der Waals surface area contributed by atoms with Gasteiger partial charge in [-0.15, -0.1) is 0 Å². The number of carbonyl (C=O) groups excluding carboxylic acids is 1. The Morgan fingerprint density at radius 2 is 1.60 bits per heavy atom. The molecular formula is C17H19NO2. The first-order valence-corrected chi connectivity index (χ1v) is 6.61. The van der Waals surface area contributed by atoms with Gasteiger partial charge in [-0.1, -0.05) is 29.8 Å². The van der Waals surface area contributed by atoms with Crippen molar-refractivity contribution in [2.75, 3.05) is 5.32 Å². The van der Waals surface area contributed by atoms with Gasteiger partial charge in [0.2, 0.25) is 5.91 Å². The second-order valence-electron chi connectivity index (χ2n) is 5.17. The van der Waals surface area contributed by atoms with Crippen LogP contribution in [0.1, 0.15) is 22.3 Å². The molecule has 3 nitrogen and oxygen atoms in total. The first-order valence-electron chi connectivity index (χ1n) is 6.61. The van der Waals surface area contributed by atoms with Crippen molar-refractivity contribution in [2.24, 2.45) is 0 Å². The molecule has 0 spiro atoms. The molecule has 104 valence electrons. The van der Waals surface area contributed by atoms with Gasteiger partial charge in [0.05, 0.1) is 6.42 Å². The monoisotopic (exact) mass is 269 g/mol. The molecule has 0 bridgehead atoms. The number of hydrogen-bond donors (Lipinski definition) is 2. The number of aromatic hydroxyl groups is 1. The Balaban J connectivity index is 2.06. The molecule has 0 aliphatic rings. The van der Waals surface area contributed by atoms with E-state index in [-0.39, 0.29) is 11.7 Å². The van der Waals surface area contributed by atoms with Gasteiger partial charge in [-0.3, -0.25) is 4.79 Å². The maximum absolute atomic E-state index is 12.0. The van der Waals surface area contributed by atoms with E-state index >= 15 is 0 Å². The fourth-order valence-electron chi connectivity index (χ4n) is 2.12. The van der Waals surface area contributed by atoms with Crippen molar-refractivity contribution in [1.82, 2.24) is 0 Å². The average molecular weight is 269 g/mol. The molecule has 1 amide bonds. The quantitative estimate of drug-likeness (QED) is 0.838. The van der Waals surface area contributed by atoms with Crippen molar-refractivity contribution in [3.8, 4) is 5.75 Å². The lowest BCUT2D eigenvalue weighted by Gasteiger charge is -2.09. The minimum absolute atomic E-state index is 0.0571. The highest BCUT2D eigenvalue weighted by Crippen LogP contribution is 2.25. The van der Waals surface area contributed by atoms with E-state index in [0.717, 1.165) is 22.4 Å². The molecule has 0 radical (unpaired) electrons. The minimum atomic E-state index is -0.0571. The number of phenolic OH excluding ortho intramolecular Hbond substituents is 1. The molecule has 0 saturated carbocycles. The molecule has 0 aliphatic carbocycles. The fourth-order valence-corrected chi connectivity index (χ4v) is 2.12. The number of hydrogen-bond acceptors (Lipinski definition) is 2. The van der Waals surface area contributed by atoms with Crippen molar-refractivity contribution < 1.29 is 9.90 Å². The fraction of sp³-hybridized carbons (Fsp3) is 0.235. The lowest BCUT2D eigenvalue weighted by molar-refractivity contribution is -0.115. The molecule has 0 saturated heterocycles. The highest BCUT2D eigenvalue weighted by atomic mass is 16.3. The first-order chi connectivity index (χ1) is 9.45. The van der Waals surface area contributed by atoms with Gasteiger partial charge in [0.1, 0.15) is 5.75 Å². The molecular weight excluding hydrogens is 250 g/mol. The predicted molar refractivity (Wildman–Crippen MR) is 81.1 cm³/mol. The molecule has 0 fully saturated rings. The van der Waals surface area contributed by atoms with Crippen LogP contribution in [0.5, 0.6) is 5.75 Å². The zero-order chi connectivity index (χ0) is 14.7. The van der Waals surface area contributed by atoms with Crippen LogP contribution in [-0.2, 0) is 11.2 Å². The van der Waals surface area contributed by atoms with Gasteiger partial charge in [0.25, 0.3) is 0 Å². The number of anilines is 1. The summed E-state index contributed by atoms with van der Waals surface area (Å²) >= 11 is 0. The first kappa shape index (κ1) is 14.1. The molecule has 2 aromatic rings. The third-order valence-corrected chi connectivity index (χ3v) is 3.26. The van der Waals surface area contributed by atoms with Gasteiger partial charge in [-0.05, 0) is 49.6 Å². The third kappa shape index (κ3) is 3.38. The maximum Gasteiger partial charge on any atom is 0.228 e. The van der Waals surface area contributed by atoms with Crippen LogP contribution >= 0.6 is 0 Å². The largest absolute Gasteiger partial charge is 0.507 e. The Hall–Kier alpha value is -2.29. The number of benzene rings is 2. The van der Waals surface area contributed by atoms with Crippen LogP contribution in [0.4, 0.5) is 5.69 Å². The Morgan fingerprint density at radius 3 is 2.15 bits per heavy atom. The van der Waals surface area contributed by atoms with Gasteiger partial charge in [0, 0.05) is 5.69 Å². The smallest absolute Gasteiger partial charge is 0.228 e. The topological polar surface area (TPSA) is 49.3 Å². The maximum atomic E-state index is 12.0. The normalized spacial score (nSPS) is 10.3. The highest BCUT2D eigenvalue weighted by Gasteiger charge is 2.07. The standard InChI is InChI=1S/C17H19NO2/c1-11-4-6-14(7-5-11)10-16(19)18-15-8-12(2)17(20)13(3)9-15/h4-9,20H,10H2,1-3H3,(H,18,19). The van der Waals surface area contributed by atoms with Crippen LogP contribution in [0.25, 0.3) is 0 Å². The van der Waals surface area contributed by atoms with Crippen LogP contribution in [0, 0.1) is 20.8 Å². The molecule has 2 aromatic carbocycles. The summed E-state index contributed by atoms with van der Waals surface area (Å²) in [5.41, 5.74) is 4.40. The Morgan fingerprint density at radius 1 is 1.05 bits per heavy atom. The molecule has 0 unspecified atom stereocenters. The number of nitrogens with one attached hydrogen (secondary N) is 1. The van der Waals surface area contributed by atoms with E-state index < -0.39 is 0 Å². The Labute approximate surface area is 119 Å². The summed E-state index contributed by atoms with van der Waals surface area (Å²) in [5, 5.41) is 12.6. The summed E-state index contributed by atoms with van der Waals surface area (Å²) in [7, 11) is 0. The number of carbonyl (C=O) groups is 1. The molecule has 0 aromatic heterocycles. The van der Waals surface area contributed by atoms with Gasteiger partial charge < -0.3 is 10.4 Å².